The number of anilines is 2. The summed E-state index contributed by atoms with van der Waals surface area (Å²) in [6.07, 6.45) is 0.387. The Labute approximate surface area is 137 Å². The summed E-state index contributed by atoms with van der Waals surface area (Å²) in [4.78, 5) is 11.9. The molecule has 0 radical (unpaired) electrons. The van der Waals surface area contributed by atoms with Gasteiger partial charge in [-0.3, -0.25) is 4.79 Å². The molecule has 1 amide bonds. The molecule has 0 heterocycles. The minimum Gasteiger partial charge on any atom is -0.384 e. The molecule has 2 aromatic carbocycles. The summed E-state index contributed by atoms with van der Waals surface area (Å²) in [5, 5.41) is 6.69. The molecule has 5 heteroatoms. The molecule has 0 aliphatic rings. The Morgan fingerprint density at radius 1 is 1.19 bits per heavy atom. The van der Waals surface area contributed by atoms with Gasteiger partial charge >= 0.3 is 0 Å². The molecule has 0 aliphatic carbocycles. The highest BCUT2D eigenvalue weighted by atomic mass is 79.9. The fourth-order valence-corrected chi connectivity index (χ4v) is 2.39. The fraction of sp³-hybridized carbons (Fsp3) is 0.188. The van der Waals surface area contributed by atoms with Crippen molar-refractivity contribution in [1.82, 2.24) is 0 Å². The van der Waals surface area contributed by atoms with Gasteiger partial charge in [-0.15, -0.1) is 0 Å². The van der Waals surface area contributed by atoms with Crippen LogP contribution in [0.1, 0.15) is 12.0 Å². The lowest BCUT2D eigenvalue weighted by Crippen LogP contribution is -2.16. The van der Waals surface area contributed by atoms with Crippen LogP contribution >= 0.6 is 27.5 Å². The van der Waals surface area contributed by atoms with Gasteiger partial charge in [-0.2, -0.15) is 0 Å². The minimum absolute atomic E-state index is 0.0441. The predicted molar refractivity (Wildman–Crippen MR) is 92.1 cm³/mol. The minimum atomic E-state index is -0.0441. The number of amides is 1. The van der Waals surface area contributed by atoms with Gasteiger partial charge in [-0.05, 0) is 42.8 Å². The highest BCUT2D eigenvalue weighted by Crippen LogP contribution is 2.20. The van der Waals surface area contributed by atoms with Crippen molar-refractivity contribution in [2.45, 2.75) is 13.3 Å². The number of nitrogens with one attached hydrogen (secondary N) is 2. The molecule has 0 fully saturated rings. The molecule has 0 aromatic heterocycles. The van der Waals surface area contributed by atoms with Gasteiger partial charge in [-0.1, -0.05) is 39.7 Å². The van der Waals surface area contributed by atoms with Crippen LogP contribution in [0.4, 0.5) is 11.4 Å². The van der Waals surface area contributed by atoms with Gasteiger partial charge in [0.25, 0.3) is 0 Å². The van der Waals surface area contributed by atoms with Crippen LogP contribution in [0.25, 0.3) is 0 Å². The average Bonchev–Trinajstić information content (AvgIpc) is 2.43. The van der Waals surface area contributed by atoms with Crippen LogP contribution in [-0.4, -0.2) is 12.5 Å². The molecule has 0 bridgehead atoms. The van der Waals surface area contributed by atoms with Crippen molar-refractivity contribution < 1.29 is 4.79 Å². The summed E-state index contributed by atoms with van der Waals surface area (Å²) in [6.45, 7) is 2.50. The van der Waals surface area contributed by atoms with Crippen molar-refractivity contribution in [1.29, 1.82) is 0 Å². The lowest BCUT2D eigenvalue weighted by molar-refractivity contribution is -0.115. The molecule has 2 N–H and O–H groups in total. The average molecular weight is 368 g/mol. The van der Waals surface area contributed by atoms with Crippen LogP contribution in [0.15, 0.2) is 46.9 Å². The third-order valence-corrected chi connectivity index (χ3v) is 3.86. The Kier molecular flexibility index (Phi) is 5.65. The first-order valence-corrected chi connectivity index (χ1v) is 7.77. The summed E-state index contributed by atoms with van der Waals surface area (Å²) >= 11 is 9.44. The highest BCUT2D eigenvalue weighted by Gasteiger charge is 2.04. The molecule has 3 nitrogen and oxygen atoms in total. The molecular formula is C16H16BrClN2O. The van der Waals surface area contributed by atoms with Crippen LogP contribution < -0.4 is 10.6 Å². The van der Waals surface area contributed by atoms with Gasteiger partial charge in [0.15, 0.2) is 0 Å². The highest BCUT2D eigenvalue weighted by molar-refractivity contribution is 9.10. The second-order valence-corrected chi connectivity index (χ2v) is 6.02. The number of hydrogen-bond donors (Lipinski definition) is 2. The van der Waals surface area contributed by atoms with Crippen molar-refractivity contribution in [2.24, 2.45) is 0 Å². The van der Waals surface area contributed by atoms with E-state index < -0.39 is 0 Å². The monoisotopic (exact) mass is 366 g/mol. The maximum absolute atomic E-state index is 11.9. The zero-order valence-electron chi connectivity index (χ0n) is 11.6. The molecule has 0 unspecified atom stereocenters. The zero-order valence-corrected chi connectivity index (χ0v) is 14.0. The summed E-state index contributed by atoms with van der Waals surface area (Å²) < 4.78 is 1.01. The third-order valence-electron chi connectivity index (χ3n) is 2.96. The van der Waals surface area contributed by atoms with E-state index in [0.717, 1.165) is 21.4 Å². The maximum Gasteiger partial charge on any atom is 0.226 e. The Morgan fingerprint density at radius 3 is 2.71 bits per heavy atom. The topological polar surface area (TPSA) is 41.1 Å². The lowest BCUT2D eigenvalue weighted by Gasteiger charge is -2.08. The van der Waals surface area contributed by atoms with E-state index in [-0.39, 0.29) is 5.91 Å². The fourth-order valence-electron chi connectivity index (χ4n) is 1.81. The summed E-state index contributed by atoms with van der Waals surface area (Å²) in [5.74, 6) is -0.0441. The number of halogens is 2. The zero-order chi connectivity index (χ0) is 15.2. The van der Waals surface area contributed by atoms with Crippen molar-refractivity contribution in [3.8, 4) is 0 Å². The molecule has 0 spiro atoms. The molecule has 0 atom stereocenters. The van der Waals surface area contributed by atoms with Crippen molar-refractivity contribution >= 4 is 44.8 Å². The van der Waals surface area contributed by atoms with Crippen molar-refractivity contribution in [3.63, 3.8) is 0 Å². The smallest absolute Gasteiger partial charge is 0.226 e. The van der Waals surface area contributed by atoms with E-state index in [2.05, 4.69) is 26.6 Å². The Bertz CT molecular complexity index is 646. The Morgan fingerprint density at radius 2 is 2.00 bits per heavy atom. The largest absolute Gasteiger partial charge is 0.384 e. The van der Waals surface area contributed by atoms with E-state index >= 15 is 0 Å². The van der Waals surface area contributed by atoms with E-state index in [1.807, 2.05) is 43.3 Å². The van der Waals surface area contributed by atoms with Gasteiger partial charge < -0.3 is 10.6 Å². The molecule has 2 rings (SSSR count). The van der Waals surface area contributed by atoms with Crippen molar-refractivity contribution in [3.05, 3.63) is 57.5 Å². The normalized spacial score (nSPS) is 10.2. The van der Waals surface area contributed by atoms with Crippen LogP contribution in [0.5, 0.6) is 0 Å². The molecule has 0 saturated carbocycles. The number of aryl methyl sites for hydroxylation is 1. The second kappa shape index (κ2) is 7.48. The first-order chi connectivity index (χ1) is 10.0. The van der Waals surface area contributed by atoms with E-state index in [0.29, 0.717) is 18.0 Å². The standard InChI is InChI=1S/C16H16BrClN2O/c1-11-5-6-14(10-15(11)18)20-16(21)7-8-19-13-4-2-3-12(17)9-13/h2-6,9-10,19H,7-8H2,1H3,(H,20,21). The molecule has 21 heavy (non-hydrogen) atoms. The van der Waals surface area contributed by atoms with Crippen LogP contribution in [0, 0.1) is 6.92 Å². The summed E-state index contributed by atoms with van der Waals surface area (Å²) in [6, 6.07) is 13.3. The summed E-state index contributed by atoms with van der Waals surface area (Å²) in [5.41, 5.74) is 2.69. The van der Waals surface area contributed by atoms with Crippen molar-refractivity contribution in [2.75, 3.05) is 17.2 Å². The number of hydrogen-bond acceptors (Lipinski definition) is 2. The number of benzene rings is 2. The SMILES string of the molecule is Cc1ccc(NC(=O)CCNc2cccc(Br)c2)cc1Cl. The van der Waals surface area contributed by atoms with Crippen LogP contribution in [0.3, 0.4) is 0 Å². The number of carbonyl (C=O) groups is 1. The Hall–Kier alpha value is -1.52. The van der Waals surface area contributed by atoms with E-state index in [1.54, 1.807) is 6.07 Å². The first kappa shape index (κ1) is 15.9. The predicted octanol–water partition coefficient (Wildman–Crippen LogP) is 4.85. The van der Waals surface area contributed by atoms with E-state index in [1.165, 1.54) is 0 Å². The first-order valence-electron chi connectivity index (χ1n) is 6.60. The van der Waals surface area contributed by atoms with Gasteiger partial charge in [0, 0.05) is 33.8 Å². The molecular weight excluding hydrogens is 352 g/mol. The summed E-state index contributed by atoms with van der Waals surface area (Å²) in [7, 11) is 0. The lowest BCUT2D eigenvalue weighted by atomic mass is 10.2. The number of carbonyl (C=O) groups excluding carboxylic acids is 1. The van der Waals surface area contributed by atoms with Crippen LogP contribution in [-0.2, 0) is 4.79 Å². The molecule has 110 valence electrons. The third kappa shape index (κ3) is 5.06. The van der Waals surface area contributed by atoms with E-state index in [9.17, 15) is 4.79 Å². The van der Waals surface area contributed by atoms with Crippen LogP contribution in [0.2, 0.25) is 5.02 Å². The quantitative estimate of drug-likeness (QED) is 0.793. The van der Waals surface area contributed by atoms with Gasteiger partial charge in [-0.25, -0.2) is 0 Å². The Balaban J connectivity index is 1.81. The molecule has 0 aliphatic heterocycles. The second-order valence-electron chi connectivity index (χ2n) is 4.70. The van der Waals surface area contributed by atoms with Gasteiger partial charge in [0.05, 0.1) is 0 Å². The number of rotatable bonds is 5. The van der Waals surface area contributed by atoms with Gasteiger partial charge in [0.2, 0.25) is 5.91 Å². The maximum atomic E-state index is 11.9. The van der Waals surface area contributed by atoms with Gasteiger partial charge in [0.1, 0.15) is 0 Å². The van der Waals surface area contributed by atoms with E-state index in [4.69, 9.17) is 11.6 Å². The molecule has 0 saturated heterocycles. The molecule has 2 aromatic rings.